The fraction of sp³-hybridized carbons (Fsp3) is 0.0769. The quantitative estimate of drug-likeness (QED) is 0.672. The fourth-order valence-corrected chi connectivity index (χ4v) is 1.29. The van der Waals surface area contributed by atoms with Gasteiger partial charge in [-0.1, -0.05) is 30.3 Å². The van der Waals surface area contributed by atoms with Crippen molar-refractivity contribution in [1.29, 1.82) is 0 Å². The molecule has 0 aliphatic carbocycles. The smallest absolute Gasteiger partial charge is 0.411 e. The maximum Gasteiger partial charge on any atom is 0.411 e. The van der Waals surface area contributed by atoms with Gasteiger partial charge in [-0.3, -0.25) is 5.32 Å². The molecule has 2 amide bonds. The normalized spacial score (nSPS) is 9.09. The van der Waals surface area contributed by atoms with E-state index in [1.165, 1.54) is 12.4 Å². The van der Waals surface area contributed by atoms with Crippen LogP contribution < -0.4 is 15.8 Å². The summed E-state index contributed by atoms with van der Waals surface area (Å²) in [7, 11) is 0. The highest BCUT2D eigenvalue weighted by molar-refractivity contribution is 5.80. The number of aromatic nitrogens is 2. The number of amides is 2. The number of anilines is 1. The Labute approximate surface area is 125 Å². The van der Waals surface area contributed by atoms with Crippen LogP contribution in [0.2, 0.25) is 0 Å². The lowest BCUT2D eigenvalue weighted by molar-refractivity contribution is 0.205. The second-order valence-electron chi connectivity index (χ2n) is 3.79. The van der Waals surface area contributed by atoms with Crippen molar-refractivity contribution in [2.45, 2.75) is 6.61 Å². The number of primary amides is 1. The van der Waals surface area contributed by atoms with E-state index in [9.17, 15) is 4.79 Å². The molecule has 0 fully saturated rings. The summed E-state index contributed by atoms with van der Waals surface area (Å²) < 4.78 is 5.45. The van der Waals surface area contributed by atoms with Crippen molar-refractivity contribution in [2.24, 2.45) is 5.73 Å². The molecule has 0 aliphatic rings. The Bertz CT molecular complexity index is 600. The van der Waals surface area contributed by atoms with Crippen LogP contribution in [-0.2, 0) is 6.61 Å². The van der Waals surface area contributed by atoms with Crippen LogP contribution in [0.5, 0.6) is 5.75 Å². The number of nitrogens with one attached hydrogen (secondary N) is 1. The highest BCUT2D eigenvalue weighted by Crippen LogP contribution is 2.11. The predicted octanol–water partition coefficient (Wildman–Crippen LogP) is 1.77. The standard InChI is InChI=1S/C12H11N3O3.CH3NO2/c16-12(17)15-11-13-6-10(7-14-11)18-8-9-4-2-1-3-5-9;2-1(3)4/h1-7H,8H2,(H,16,17)(H,13,14,15);2H2,(H,3,4). The molecule has 0 spiro atoms. The van der Waals surface area contributed by atoms with Crippen LogP contribution in [0.1, 0.15) is 5.56 Å². The molecule has 0 bridgehead atoms. The van der Waals surface area contributed by atoms with Crippen molar-refractivity contribution >= 4 is 18.1 Å². The number of hydrogen-bond acceptors (Lipinski definition) is 5. The highest BCUT2D eigenvalue weighted by Gasteiger charge is 2.01. The Morgan fingerprint density at radius 2 is 1.68 bits per heavy atom. The molecule has 1 heterocycles. The van der Waals surface area contributed by atoms with E-state index < -0.39 is 12.2 Å². The molecule has 2 aromatic rings. The lowest BCUT2D eigenvalue weighted by Crippen LogP contribution is -2.10. The van der Waals surface area contributed by atoms with Gasteiger partial charge in [0.25, 0.3) is 0 Å². The summed E-state index contributed by atoms with van der Waals surface area (Å²) in [5.74, 6) is 0.504. The van der Waals surface area contributed by atoms with Gasteiger partial charge in [0.05, 0.1) is 12.4 Å². The zero-order valence-corrected chi connectivity index (χ0v) is 11.3. The monoisotopic (exact) mass is 306 g/mol. The van der Waals surface area contributed by atoms with Gasteiger partial charge in [-0.25, -0.2) is 19.6 Å². The molecule has 22 heavy (non-hydrogen) atoms. The number of nitrogens with two attached hydrogens (primary N) is 1. The molecular weight excluding hydrogens is 292 g/mol. The number of hydrogen-bond donors (Lipinski definition) is 4. The van der Waals surface area contributed by atoms with Crippen LogP contribution in [0.3, 0.4) is 0 Å². The van der Waals surface area contributed by atoms with Crippen molar-refractivity contribution in [2.75, 3.05) is 5.32 Å². The summed E-state index contributed by atoms with van der Waals surface area (Å²) in [5.41, 5.74) is 5.06. The summed E-state index contributed by atoms with van der Waals surface area (Å²) >= 11 is 0. The van der Waals surface area contributed by atoms with Crippen LogP contribution in [0.15, 0.2) is 42.7 Å². The Morgan fingerprint density at radius 3 is 2.18 bits per heavy atom. The van der Waals surface area contributed by atoms with Crippen LogP contribution >= 0.6 is 0 Å². The molecule has 0 saturated heterocycles. The number of carboxylic acid groups (broad SMARTS) is 2. The maximum absolute atomic E-state index is 10.3. The molecule has 0 atom stereocenters. The molecule has 0 unspecified atom stereocenters. The molecule has 116 valence electrons. The zero-order chi connectivity index (χ0) is 16.4. The lowest BCUT2D eigenvalue weighted by atomic mass is 10.2. The maximum atomic E-state index is 10.3. The van der Waals surface area contributed by atoms with Gasteiger partial charge in [-0.2, -0.15) is 0 Å². The van der Waals surface area contributed by atoms with E-state index in [2.05, 4.69) is 15.7 Å². The number of ether oxygens (including phenoxy) is 1. The molecule has 2 rings (SSSR count). The Kier molecular flexibility index (Phi) is 6.63. The zero-order valence-electron chi connectivity index (χ0n) is 11.3. The molecule has 9 heteroatoms. The van der Waals surface area contributed by atoms with Crippen molar-refractivity contribution in [1.82, 2.24) is 9.97 Å². The van der Waals surface area contributed by atoms with Crippen LogP contribution in [-0.4, -0.2) is 32.4 Å². The van der Waals surface area contributed by atoms with Crippen molar-refractivity contribution in [3.8, 4) is 5.75 Å². The summed E-state index contributed by atoms with van der Waals surface area (Å²) in [4.78, 5) is 26.7. The minimum Gasteiger partial charge on any atom is -0.486 e. The van der Waals surface area contributed by atoms with Crippen molar-refractivity contribution in [3.05, 3.63) is 48.3 Å². The topological polar surface area (TPSA) is 148 Å². The van der Waals surface area contributed by atoms with Crippen molar-refractivity contribution < 1.29 is 24.5 Å². The van der Waals surface area contributed by atoms with E-state index in [4.69, 9.17) is 19.7 Å². The largest absolute Gasteiger partial charge is 0.486 e. The Morgan fingerprint density at radius 1 is 1.14 bits per heavy atom. The van der Waals surface area contributed by atoms with E-state index >= 15 is 0 Å². The Balaban J connectivity index is 0.000000541. The third kappa shape index (κ3) is 7.28. The van der Waals surface area contributed by atoms with Crippen LogP contribution in [0, 0.1) is 0 Å². The molecule has 0 radical (unpaired) electrons. The fourth-order valence-electron chi connectivity index (χ4n) is 1.29. The average molecular weight is 306 g/mol. The molecule has 0 saturated carbocycles. The van der Waals surface area contributed by atoms with Crippen molar-refractivity contribution in [3.63, 3.8) is 0 Å². The summed E-state index contributed by atoms with van der Waals surface area (Å²) in [6.07, 6.45) is 0.301. The second kappa shape index (κ2) is 8.74. The van der Waals surface area contributed by atoms with Gasteiger partial charge in [0.1, 0.15) is 6.61 Å². The molecular formula is C13H14N4O5. The minimum atomic E-state index is -1.33. The molecule has 0 aliphatic heterocycles. The van der Waals surface area contributed by atoms with Gasteiger partial charge in [-0.05, 0) is 5.56 Å². The molecule has 1 aromatic heterocycles. The van der Waals surface area contributed by atoms with Crippen LogP contribution in [0.25, 0.3) is 0 Å². The number of carbonyl (C=O) groups is 2. The first kappa shape index (κ1) is 16.7. The molecule has 1 aromatic carbocycles. The summed E-state index contributed by atoms with van der Waals surface area (Å²) in [6, 6.07) is 9.67. The lowest BCUT2D eigenvalue weighted by Gasteiger charge is -2.05. The van der Waals surface area contributed by atoms with Gasteiger partial charge in [0.15, 0.2) is 5.75 Å². The number of rotatable bonds is 4. The van der Waals surface area contributed by atoms with E-state index in [1.54, 1.807) is 0 Å². The first-order valence-corrected chi connectivity index (χ1v) is 5.94. The third-order valence-corrected chi connectivity index (χ3v) is 2.10. The van der Waals surface area contributed by atoms with E-state index in [-0.39, 0.29) is 5.95 Å². The summed E-state index contributed by atoms with van der Waals surface area (Å²) in [6.45, 7) is 0.413. The number of benzene rings is 1. The van der Waals surface area contributed by atoms with Gasteiger partial charge >= 0.3 is 12.2 Å². The second-order valence-corrected chi connectivity index (χ2v) is 3.79. The minimum absolute atomic E-state index is 0.0227. The SMILES string of the molecule is NC(=O)O.O=C(O)Nc1ncc(OCc2ccccc2)cn1. The van der Waals surface area contributed by atoms with Gasteiger partial charge in [0.2, 0.25) is 5.95 Å². The molecule has 5 N–H and O–H groups in total. The predicted molar refractivity (Wildman–Crippen MR) is 76.7 cm³/mol. The number of nitrogens with zero attached hydrogens (tertiary/aromatic N) is 2. The first-order chi connectivity index (χ1) is 10.5. The summed E-state index contributed by atoms with van der Waals surface area (Å²) in [5, 5.41) is 17.7. The Hall–Kier alpha value is -3.36. The van der Waals surface area contributed by atoms with E-state index in [1.807, 2.05) is 35.6 Å². The van der Waals surface area contributed by atoms with Crippen LogP contribution in [0.4, 0.5) is 15.5 Å². The van der Waals surface area contributed by atoms with Gasteiger partial charge < -0.3 is 20.7 Å². The average Bonchev–Trinajstić information content (AvgIpc) is 2.46. The van der Waals surface area contributed by atoms with E-state index in [0.717, 1.165) is 5.56 Å². The van der Waals surface area contributed by atoms with E-state index in [0.29, 0.717) is 12.4 Å². The third-order valence-electron chi connectivity index (χ3n) is 2.10. The highest BCUT2D eigenvalue weighted by atomic mass is 16.5. The van der Waals surface area contributed by atoms with Gasteiger partial charge in [0, 0.05) is 0 Å². The molecule has 9 nitrogen and oxygen atoms in total. The van der Waals surface area contributed by atoms with Gasteiger partial charge in [-0.15, -0.1) is 0 Å². The first-order valence-electron chi connectivity index (χ1n) is 5.94.